The minimum absolute atomic E-state index is 0.577. The van der Waals surface area contributed by atoms with Crippen molar-refractivity contribution in [3.05, 3.63) is 5.82 Å². The molecule has 0 N–H and O–H groups in total. The molecular weight excluding hydrogens is 228 g/mol. The van der Waals surface area contributed by atoms with Crippen LogP contribution in [0.2, 0.25) is 0 Å². The van der Waals surface area contributed by atoms with Crippen LogP contribution in [-0.2, 0) is 0 Å². The van der Waals surface area contributed by atoms with Gasteiger partial charge in [-0.25, -0.2) is 0 Å². The van der Waals surface area contributed by atoms with E-state index >= 15 is 0 Å². The standard InChI is InChI=1S/C13H20N4O/c1-16-10-4-5-11(16)8-17(7-6-10)13-14-12(15-18-13)9-2-3-9/h9-11H,2-8H2,1H3. The van der Waals surface area contributed by atoms with Gasteiger partial charge in [0.1, 0.15) is 0 Å². The number of nitrogens with zero attached hydrogens (tertiary/aromatic N) is 4. The molecule has 5 heteroatoms. The highest BCUT2D eigenvalue weighted by atomic mass is 16.5. The Hall–Kier alpha value is -1.10. The molecule has 18 heavy (non-hydrogen) atoms. The van der Waals surface area contributed by atoms with Crippen LogP contribution in [0.3, 0.4) is 0 Å². The first-order chi connectivity index (χ1) is 8.81. The molecule has 1 aromatic rings. The van der Waals surface area contributed by atoms with E-state index in [2.05, 4.69) is 27.0 Å². The van der Waals surface area contributed by atoms with Gasteiger partial charge in [-0.05, 0) is 39.2 Å². The highest BCUT2D eigenvalue weighted by molar-refractivity contribution is 5.28. The van der Waals surface area contributed by atoms with E-state index in [1.54, 1.807) is 0 Å². The lowest BCUT2D eigenvalue weighted by atomic mass is 10.1. The predicted molar refractivity (Wildman–Crippen MR) is 67.7 cm³/mol. The first-order valence-electron chi connectivity index (χ1n) is 7.12. The van der Waals surface area contributed by atoms with Gasteiger partial charge in [0.2, 0.25) is 0 Å². The van der Waals surface area contributed by atoms with Crippen molar-refractivity contribution in [3.63, 3.8) is 0 Å². The lowest BCUT2D eigenvalue weighted by Crippen LogP contribution is -2.36. The Balaban J connectivity index is 1.53. The van der Waals surface area contributed by atoms with Crippen molar-refractivity contribution in [2.45, 2.75) is 50.1 Å². The molecule has 98 valence electrons. The summed E-state index contributed by atoms with van der Waals surface area (Å²) in [5.74, 6) is 1.50. The summed E-state index contributed by atoms with van der Waals surface area (Å²) in [5, 5.41) is 4.12. The van der Waals surface area contributed by atoms with Crippen LogP contribution in [0, 0.1) is 0 Å². The number of hydrogen-bond donors (Lipinski definition) is 0. The molecule has 2 aliphatic heterocycles. The fraction of sp³-hybridized carbons (Fsp3) is 0.846. The Kier molecular flexibility index (Phi) is 2.37. The average Bonchev–Trinajstić information content (AvgIpc) is 3.02. The molecule has 0 radical (unpaired) electrons. The summed E-state index contributed by atoms with van der Waals surface area (Å²) in [6.07, 6.45) is 6.33. The van der Waals surface area contributed by atoms with E-state index in [9.17, 15) is 0 Å². The molecule has 2 bridgehead atoms. The minimum Gasteiger partial charge on any atom is -0.323 e. The molecule has 2 saturated heterocycles. The molecule has 3 heterocycles. The van der Waals surface area contributed by atoms with Gasteiger partial charge >= 0.3 is 6.01 Å². The van der Waals surface area contributed by atoms with Crippen LogP contribution in [0.15, 0.2) is 4.52 Å². The SMILES string of the molecule is CN1C2CCC1CN(c1nc(C3CC3)no1)CC2. The van der Waals surface area contributed by atoms with Crippen LogP contribution in [0.4, 0.5) is 6.01 Å². The number of anilines is 1. The van der Waals surface area contributed by atoms with Gasteiger partial charge in [-0.3, -0.25) is 4.90 Å². The van der Waals surface area contributed by atoms with Crippen LogP contribution in [0.25, 0.3) is 0 Å². The van der Waals surface area contributed by atoms with E-state index in [-0.39, 0.29) is 0 Å². The lowest BCUT2D eigenvalue weighted by molar-refractivity contribution is 0.254. The molecule has 1 saturated carbocycles. The van der Waals surface area contributed by atoms with Gasteiger partial charge in [-0.2, -0.15) is 4.98 Å². The Morgan fingerprint density at radius 3 is 2.78 bits per heavy atom. The fourth-order valence-corrected chi connectivity index (χ4v) is 3.34. The van der Waals surface area contributed by atoms with Gasteiger partial charge in [0.25, 0.3) is 0 Å². The summed E-state index contributed by atoms with van der Waals surface area (Å²) in [4.78, 5) is 9.41. The van der Waals surface area contributed by atoms with Crippen molar-refractivity contribution in [2.75, 3.05) is 25.0 Å². The number of rotatable bonds is 2. The van der Waals surface area contributed by atoms with Gasteiger partial charge < -0.3 is 9.42 Å². The molecule has 2 unspecified atom stereocenters. The van der Waals surface area contributed by atoms with Gasteiger partial charge in [-0.15, -0.1) is 0 Å². The lowest BCUT2D eigenvalue weighted by Gasteiger charge is -2.23. The van der Waals surface area contributed by atoms with Crippen molar-refractivity contribution >= 4 is 6.01 Å². The van der Waals surface area contributed by atoms with E-state index in [0.717, 1.165) is 31.0 Å². The topological polar surface area (TPSA) is 45.4 Å². The summed E-state index contributed by atoms with van der Waals surface area (Å²) < 4.78 is 5.45. The molecule has 5 nitrogen and oxygen atoms in total. The molecule has 0 amide bonds. The monoisotopic (exact) mass is 248 g/mol. The van der Waals surface area contributed by atoms with Crippen molar-refractivity contribution in [1.29, 1.82) is 0 Å². The third-order valence-electron chi connectivity index (χ3n) is 4.79. The van der Waals surface area contributed by atoms with Gasteiger partial charge in [-0.1, -0.05) is 5.16 Å². The highest BCUT2D eigenvalue weighted by Crippen LogP contribution is 2.39. The zero-order valence-electron chi connectivity index (χ0n) is 10.9. The highest BCUT2D eigenvalue weighted by Gasteiger charge is 2.36. The van der Waals surface area contributed by atoms with Crippen LogP contribution in [-0.4, -0.2) is 47.3 Å². The largest absolute Gasteiger partial charge is 0.324 e. The van der Waals surface area contributed by atoms with Crippen molar-refractivity contribution in [2.24, 2.45) is 0 Å². The second-order valence-corrected chi connectivity index (χ2v) is 5.99. The quantitative estimate of drug-likeness (QED) is 0.796. The molecule has 0 spiro atoms. The second kappa shape index (κ2) is 3.95. The van der Waals surface area contributed by atoms with Crippen LogP contribution in [0.1, 0.15) is 43.8 Å². The maximum atomic E-state index is 5.45. The molecule has 0 aromatic carbocycles. The zero-order chi connectivity index (χ0) is 12.1. The molecule has 1 aromatic heterocycles. The number of likely N-dealkylation sites (N-methyl/N-ethyl adjacent to an activating group) is 1. The summed E-state index contributed by atoms with van der Waals surface area (Å²) in [6, 6.07) is 2.16. The Labute approximate surface area is 107 Å². The van der Waals surface area contributed by atoms with Crippen molar-refractivity contribution in [3.8, 4) is 0 Å². The minimum atomic E-state index is 0.577. The zero-order valence-corrected chi connectivity index (χ0v) is 10.9. The Bertz CT molecular complexity index is 442. The Morgan fingerprint density at radius 2 is 1.94 bits per heavy atom. The third kappa shape index (κ3) is 1.72. The summed E-state index contributed by atoms with van der Waals surface area (Å²) in [6.45, 7) is 2.09. The fourth-order valence-electron chi connectivity index (χ4n) is 3.34. The van der Waals surface area contributed by atoms with Crippen LogP contribution in [0.5, 0.6) is 0 Å². The van der Waals surface area contributed by atoms with Crippen molar-refractivity contribution in [1.82, 2.24) is 15.0 Å². The molecule has 3 fully saturated rings. The van der Waals surface area contributed by atoms with E-state index < -0.39 is 0 Å². The van der Waals surface area contributed by atoms with Crippen LogP contribution >= 0.6 is 0 Å². The second-order valence-electron chi connectivity index (χ2n) is 5.99. The molecule has 4 rings (SSSR count). The molecule has 2 atom stereocenters. The number of aromatic nitrogens is 2. The Morgan fingerprint density at radius 1 is 1.11 bits per heavy atom. The first kappa shape index (κ1) is 10.8. The van der Waals surface area contributed by atoms with Gasteiger partial charge in [0, 0.05) is 31.1 Å². The summed E-state index contributed by atoms with van der Waals surface area (Å²) in [7, 11) is 2.26. The van der Waals surface area contributed by atoms with E-state index in [4.69, 9.17) is 4.52 Å². The van der Waals surface area contributed by atoms with Crippen molar-refractivity contribution < 1.29 is 4.52 Å². The average molecular weight is 248 g/mol. The van der Waals surface area contributed by atoms with E-state index in [1.807, 2.05) is 0 Å². The summed E-state index contributed by atoms with van der Waals surface area (Å²) in [5.41, 5.74) is 0. The smallest absolute Gasteiger partial charge is 0.323 e. The van der Waals surface area contributed by atoms with Gasteiger partial charge in [0.05, 0.1) is 0 Å². The van der Waals surface area contributed by atoms with Crippen LogP contribution < -0.4 is 4.90 Å². The maximum absolute atomic E-state index is 5.45. The van der Waals surface area contributed by atoms with E-state index in [0.29, 0.717) is 12.0 Å². The summed E-state index contributed by atoms with van der Waals surface area (Å²) >= 11 is 0. The molecular formula is C13H20N4O. The molecule has 1 aliphatic carbocycles. The number of hydrogen-bond acceptors (Lipinski definition) is 5. The van der Waals surface area contributed by atoms with Gasteiger partial charge in [0.15, 0.2) is 5.82 Å². The number of fused-ring (bicyclic) bond motifs is 2. The predicted octanol–water partition coefficient (Wildman–Crippen LogP) is 1.62. The maximum Gasteiger partial charge on any atom is 0.324 e. The molecule has 3 aliphatic rings. The first-order valence-corrected chi connectivity index (χ1v) is 7.12. The third-order valence-corrected chi connectivity index (χ3v) is 4.79. The van der Waals surface area contributed by atoms with E-state index in [1.165, 1.54) is 32.1 Å². The normalized spacial score (nSPS) is 32.8.